The van der Waals surface area contributed by atoms with E-state index < -0.39 is 89.0 Å². The molecule has 3 amide bonds. The van der Waals surface area contributed by atoms with E-state index in [1.807, 2.05) is 91.0 Å². The van der Waals surface area contributed by atoms with E-state index >= 15 is 0 Å². The summed E-state index contributed by atoms with van der Waals surface area (Å²) in [5.41, 5.74) is 3.04. The van der Waals surface area contributed by atoms with Crippen LogP contribution in [0.25, 0.3) is 66.9 Å². The number of nitrogens with one attached hydrogen (secondary N) is 4. The number of likely N-dealkylation sites (N-methyl/N-ethyl adjacent to an activating group) is 1. The number of hydrogen-bond acceptors (Lipinski definition) is 24. The number of esters is 5. The van der Waals surface area contributed by atoms with E-state index in [-0.39, 0.29) is 123 Å². The molecule has 6 aliphatic rings. The number of carbonyl (C=O) groups excluding carboxylic acids is 10. The lowest BCUT2D eigenvalue weighted by Gasteiger charge is -2.35. The third-order valence-electron chi connectivity index (χ3n) is 20.1. The summed E-state index contributed by atoms with van der Waals surface area (Å²) in [6.45, 7) is 9.20. The van der Waals surface area contributed by atoms with Crippen molar-refractivity contribution in [2.45, 2.75) is 148 Å². The molecule has 30 heteroatoms. The zero-order valence-corrected chi connectivity index (χ0v) is 61.3. The number of pyridine rings is 6. The lowest BCUT2D eigenvalue weighted by Crippen LogP contribution is -2.48. The van der Waals surface area contributed by atoms with Crippen molar-refractivity contribution >= 4 is 92.0 Å². The van der Waals surface area contributed by atoms with E-state index in [4.69, 9.17) is 43.4 Å². The van der Waals surface area contributed by atoms with Crippen LogP contribution in [0, 0.1) is 0 Å². The van der Waals surface area contributed by atoms with E-state index in [0.717, 1.165) is 55.1 Å². The maximum atomic E-state index is 13.6. The van der Waals surface area contributed by atoms with Crippen LogP contribution >= 0.6 is 0 Å². The van der Waals surface area contributed by atoms with Gasteiger partial charge in [-0.3, -0.25) is 43.2 Å². The molecular weight excluding hydrogens is 1420 g/mol. The fraction of sp³-hybridized carbons (Fsp3) is 0.350. The molecule has 5 N–H and O–H groups in total. The second kappa shape index (κ2) is 30.3. The standard InChI is InChI=1S/C32H34N4O9.C28H28N4O7.C20H16N2O4/c1-5-32(44-26(39)15-33-25(38)11-10-20(37)14-34-30(42)45-31(2,3)4)22-13-24-27-19(12-18-8-6-7-9-23(18)35-27)16-36(24)28(40)21(22)17-43-29(32)41;1-3-28(39-24(35)13-30-23(34)9-8-18(33)12-29-2)20-11-22-25-17(10-16-6-4-5-7-21(16)31-25)14-32(22)26(36)19(20)15-38-27(28)37;1-2-20(25)14-8-16-17-12(7-11-5-3-4-6-15(11)21-17)9-22(16)18(23)13(14)10-26-19(20)24/h6-9,12-13H,5,10-11,14-17H2,1-4H3,(H,33,38)(H,34,42);4-7,10-11,29H,3,8-9,12-15H2,1-2H3,(H,30,34);3-8,25H,2,9-10H2,1H3/t32-;28-;20-/m000/s1. The second-order valence-corrected chi connectivity index (χ2v) is 28.3. The number of amides is 3. The quantitative estimate of drug-likeness (QED) is 0.0456. The molecule has 0 aliphatic carbocycles. The minimum Gasteiger partial charge on any atom is -0.458 e. The Labute approximate surface area is 626 Å². The molecule has 30 nitrogen and oxygen atoms in total. The summed E-state index contributed by atoms with van der Waals surface area (Å²) in [5.74, 6) is -5.78. The first-order chi connectivity index (χ1) is 52.6. The largest absolute Gasteiger partial charge is 0.458 e. The molecule has 6 aliphatic heterocycles. The molecule has 0 bridgehead atoms. The van der Waals surface area contributed by atoms with Crippen LogP contribution in [-0.4, -0.2) is 132 Å². The number of fused-ring (bicyclic) bond motifs is 15. The first-order valence-corrected chi connectivity index (χ1v) is 36.0. The van der Waals surface area contributed by atoms with Gasteiger partial charge in [0, 0.05) is 75.2 Å². The molecule has 0 fully saturated rings. The molecule has 0 saturated heterocycles. The molecular formula is C80H78N10O20. The van der Waals surface area contributed by atoms with Gasteiger partial charge in [0.2, 0.25) is 23.0 Å². The smallest absolute Gasteiger partial charge is 0.408 e. The molecule has 568 valence electrons. The number of carbonyl (C=O) groups is 10. The zero-order valence-electron chi connectivity index (χ0n) is 61.3. The summed E-state index contributed by atoms with van der Waals surface area (Å²) in [6, 6.07) is 34.1. The highest BCUT2D eigenvalue weighted by atomic mass is 16.6. The van der Waals surface area contributed by atoms with E-state index in [1.165, 1.54) is 0 Å². The summed E-state index contributed by atoms with van der Waals surface area (Å²) in [7, 11) is 1.63. The second-order valence-electron chi connectivity index (χ2n) is 28.3. The van der Waals surface area contributed by atoms with Crippen LogP contribution in [0.4, 0.5) is 4.79 Å². The molecule has 3 aromatic carbocycles. The van der Waals surface area contributed by atoms with Crippen molar-refractivity contribution in [3.63, 3.8) is 0 Å². The first-order valence-electron chi connectivity index (χ1n) is 36.0. The van der Waals surface area contributed by atoms with Gasteiger partial charge in [-0.25, -0.2) is 34.1 Å². The monoisotopic (exact) mass is 1500 g/mol. The van der Waals surface area contributed by atoms with Gasteiger partial charge in [0.1, 0.15) is 44.3 Å². The molecule has 0 saturated carbocycles. The minimum atomic E-state index is -1.91. The molecule has 0 radical (unpaired) electrons. The van der Waals surface area contributed by atoms with Crippen molar-refractivity contribution in [3.8, 4) is 34.2 Å². The van der Waals surface area contributed by atoms with Crippen LogP contribution in [0.15, 0.2) is 124 Å². The van der Waals surface area contributed by atoms with Crippen molar-refractivity contribution < 1.29 is 81.5 Å². The van der Waals surface area contributed by atoms with Crippen LogP contribution in [0.3, 0.4) is 0 Å². The van der Waals surface area contributed by atoms with Gasteiger partial charge >= 0.3 is 35.9 Å². The molecule has 110 heavy (non-hydrogen) atoms. The van der Waals surface area contributed by atoms with E-state index in [1.54, 1.807) is 80.5 Å². The summed E-state index contributed by atoms with van der Waals surface area (Å²) in [4.78, 5) is 179. The average molecular weight is 1500 g/mol. The van der Waals surface area contributed by atoms with Crippen molar-refractivity contribution in [3.05, 3.63) is 190 Å². The maximum absolute atomic E-state index is 13.6. The molecule has 6 aromatic heterocycles. The van der Waals surface area contributed by atoms with Gasteiger partial charge in [-0.05, 0) is 102 Å². The van der Waals surface area contributed by atoms with Gasteiger partial charge in [0.15, 0.2) is 11.4 Å². The number of benzene rings is 3. The number of cyclic esters (lactones) is 3. The normalized spacial score (nSPS) is 17.7. The highest BCUT2D eigenvalue weighted by molar-refractivity contribution is 5.94. The zero-order chi connectivity index (χ0) is 78.3. The average Bonchev–Trinajstić information content (AvgIpc) is 1.55. The number of para-hydroxylation sites is 3. The summed E-state index contributed by atoms with van der Waals surface area (Å²) < 4.78 is 37.0. The molecule has 3 atom stereocenters. The van der Waals surface area contributed by atoms with Crippen LogP contribution in [0.5, 0.6) is 0 Å². The van der Waals surface area contributed by atoms with Crippen molar-refractivity contribution in [1.82, 2.24) is 49.9 Å². The van der Waals surface area contributed by atoms with Gasteiger partial charge in [-0.1, -0.05) is 75.4 Å². The number of ketones is 2. The topological polar surface area (TPSA) is 399 Å². The van der Waals surface area contributed by atoms with E-state index in [2.05, 4.69) is 21.3 Å². The molecule has 0 unspecified atom stereocenters. The van der Waals surface area contributed by atoms with Crippen LogP contribution in [0.2, 0.25) is 0 Å². The van der Waals surface area contributed by atoms with E-state index in [0.29, 0.717) is 59.2 Å². The minimum absolute atomic E-state index is 0.0118. The third-order valence-corrected chi connectivity index (χ3v) is 20.1. The van der Waals surface area contributed by atoms with Crippen molar-refractivity contribution in [2.24, 2.45) is 0 Å². The van der Waals surface area contributed by atoms with Crippen molar-refractivity contribution in [2.75, 3.05) is 33.2 Å². The van der Waals surface area contributed by atoms with Gasteiger partial charge < -0.3 is 68.5 Å². The summed E-state index contributed by atoms with van der Waals surface area (Å²) >= 11 is 0. The number of aliphatic hydroxyl groups is 1. The van der Waals surface area contributed by atoms with Crippen LogP contribution < -0.4 is 37.9 Å². The Morgan fingerprint density at radius 1 is 0.473 bits per heavy atom. The van der Waals surface area contributed by atoms with E-state index in [9.17, 15) is 67.4 Å². The fourth-order valence-electron chi connectivity index (χ4n) is 14.4. The number of aromatic nitrogens is 6. The fourth-order valence-corrected chi connectivity index (χ4v) is 14.4. The number of rotatable bonds is 19. The molecule has 15 rings (SSSR count). The number of hydrogen-bond donors (Lipinski definition) is 5. The first kappa shape index (κ1) is 75.8. The number of ether oxygens (including phenoxy) is 6. The summed E-state index contributed by atoms with van der Waals surface area (Å²) in [5, 5.41) is 23.6. The predicted molar refractivity (Wildman–Crippen MR) is 394 cm³/mol. The van der Waals surface area contributed by atoms with Crippen LogP contribution in [0.1, 0.15) is 137 Å². The Bertz CT molecular complexity index is 5600. The predicted octanol–water partition coefficient (Wildman–Crippen LogP) is 6.02. The van der Waals surface area contributed by atoms with Crippen LogP contribution in [-0.2, 0) is 128 Å². The Morgan fingerprint density at radius 3 is 1.21 bits per heavy atom. The molecule has 9 aromatic rings. The van der Waals surface area contributed by atoms with Gasteiger partial charge in [-0.2, -0.15) is 0 Å². The number of Topliss-reactive ketones (excluding diaryl/α,β-unsaturated/α-hetero) is 2. The number of alkyl carbamates (subject to hydrolysis) is 1. The Morgan fingerprint density at radius 2 is 0.836 bits per heavy atom. The Kier molecular flexibility index (Phi) is 20.9. The highest BCUT2D eigenvalue weighted by Crippen LogP contribution is 2.44. The number of nitrogens with zero attached hydrogens (tertiary/aromatic N) is 6. The van der Waals surface area contributed by atoms with Gasteiger partial charge in [0.25, 0.3) is 16.7 Å². The SMILES string of the molecule is CC[C@@]1(O)C(=O)OCc2c1cc1n(c2=O)Cc2cc3ccccc3nc2-1.CC[C@@]1(OC(=O)CNC(=O)CCC(=O)CNC(=O)OC(C)(C)C)C(=O)OCc2c1cc1n(c2=O)Cc2cc3ccccc3nc2-1.CC[C@@]1(OC(=O)CNC(=O)CCC(=O)CNC)C(=O)OCc2c1cc1n(c2=O)Cc2cc3ccccc3nc2-1. The van der Waals surface area contributed by atoms with Gasteiger partial charge in [0.05, 0.1) is 100 Å². The lowest BCUT2D eigenvalue weighted by atomic mass is 9.85. The van der Waals surface area contributed by atoms with Gasteiger partial charge in [-0.15, -0.1) is 0 Å². The molecule has 12 heterocycles. The maximum Gasteiger partial charge on any atom is 0.408 e. The lowest BCUT2D eigenvalue weighted by molar-refractivity contribution is -0.189. The Hall–Kier alpha value is -12.4. The highest BCUT2D eigenvalue weighted by Gasteiger charge is 2.53. The Balaban J connectivity index is 0.000000150. The third kappa shape index (κ3) is 14.4. The summed E-state index contributed by atoms with van der Waals surface area (Å²) in [6.07, 6.45) is -1.11. The molecule has 0 spiro atoms. The van der Waals surface area contributed by atoms with Crippen molar-refractivity contribution in [1.29, 1.82) is 0 Å².